The number of fused-ring (bicyclic) bond motifs is 3. The van der Waals surface area contributed by atoms with Crippen molar-refractivity contribution in [2.75, 3.05) is 11.9 Å². The Morgan fingerprint density at radius 1 is 1.10 bits per heavy atom. The molecule has 0 aliphatic heterocycles. The molecule has 1 saturated carbocycles. The summed E-state index contributed by atoms with van der Waals surface area (Å²) in [6, 6.07) is 16.2. The van der Waals surface area contributed by atoms with Crippen LogP contribution in [0.5, 0.6) is 5.88 Å². The molecule has 2 atom stereocenters. The van der Waals surface area contributed by atoms with Crippen LogP contribution in [0.25, 0.3) is 0 Å². The maximum atomic E-state index is 12.7. The quantitative estimate of drug-likeness (QED) is 0.292. The second-order valence-electron chi connectivity index (χ2n) is 13.3. The molecule has 6 rings (SSSR count). The summed E-state index contributed by atoms with van der Waals surface area (Å²) in [5, 5.41) is 14.4. The molecule has 41 heavy (non-hydrogen) atoms. The van der Waals surface area contributed by atoms with Gasteiger partial charge in [-0.05, 0) is 103 Å². The van der Waals surface area contributed by atoms with Gasteiger partial charge in [0.05, 0.1) is 12.3 Å². The highest BCUT2D eigenvalue weighted by atomic mass is 35.5. The number of carbonyl (C=O) groups is 1. The number of carboxylic acid groups (broad SMARTS) is 1. The number of aromatic nitrogens is 2. The molecule has 3 aliphatic rings. The number of carboxylic acids is 1. The maximum Gasteiger partial charge on any atom is 0.329 e. The fraction of sp³-hybridized carbons (Fsp3) is 0.500. The van der Waals surface area contributed by atoms with E-state index in [9.17, 15) is 9.90 Å². The first-order valence-corrected chi connectivity index (χ1v) is 15.3. The van der Waals surface area contributed by atoms with E-state index >= 15 is 0 Å². The number of aliphatic carboxylic acids is 1. The Bertz CT molecular complexity index is 1450. The van der Waals surface area contributed by atoms with Crippen molar-refractivity contribution in [1.82, 2.24) is 9.97 Å². The standard InChI is InChI=1S/C34H40ClN3O3/c1-22(20-41-30-29-28(36-21-37-30)11-12-32(29,2)3)17-24-18-23-7-4-5-10-27(23)33(24)13-15-34(16-14-33,31(39)40)38-26-9-6-8-25(35)19-26/h4-10,19,21-22,24,38H,11-18,20H2,1-3H3,(H,39,40)/t22-,24?,33?,34?/m1/s1. The molecule has 6 nitrogen and oxygen atoms in total. The molecule has 1 spiro atoms. The van der Waals surface area contributed by atoms with Crippen LogP contribution in [0.4, 0.5) is 5.69 Å². The molecule has 0 saturated heterocycles. The fourth-order valence-electron chi connectivity index (χ4n) is 7.92. The summed E-state index contributed by atoms with van der Waals surface area (Å²) in [6.45, 7) is 7.38. The minimum absolute atomic E-state index is 0.0298. The van der Waals surface area contributed by atoms with Crippen molar-refractivity contribution >= 4 is 23.3 Å². The predicted octanol–water partition coefficient (Wildman–Crippen LogP) is 7.38. The van der Waals surface area contributed by atoms with Crippen molar-refractivity contribution in [3.63, 3.8) is 0 Å². The molecular weight excluding hydrogens is 534 g/mol. The van der Waals surface area contributed by atoms with Crippen molar-refractivity contribution in [3.05, 3.63) is 82.3 Å². The molecule has 0 bridgehead atoms. The third-order valence-electron chi connectivity index (χ3n) is 10.2. The van der Waals surface area contributed by atoms with Gasteiger partial charge in [-0.2, -0.15) is 0 Å². The largest absolute Gasteiger partial charge is 0.480 e. The van der Waals surface area contributed by atoms with E-state index in [0.717, 1.165) is 55.8 Å². The first-order valence-electron chi connectivity index (χ1n) is 14.9. The summed E-state index contributed by atoms with van der Waals surface area (Å²) in [5.74, 6) is 0.711. The van der Waals surface area contributed by atoms with E-state index in [2.05, 4.69) is 60.3 Å². The zero-order valence-corrected chi connectivity index (χ0v) is 25.0. The Labute approximate surface area is 247 Å². The number of benzene rings is 2. The first kappa shape index (κ1) is 28.0. The van der Waals surface area contributed by atoms with Crippen LogP contribution in [-0.4, -0.2) is 33.2 Å². The summed E-state index contributed by atoms with van der Waals surface area (Å²) >= 11 is 6.21. The smallest absolute Gasteiger partial charge is 0.329 e. The number of hydrogen-bond acceptors (Lipinski definition) is 5. The van der Waals surface area contributed by atoms with Crippen LogP contribution in [0, 0.1) is 11.8 Å². The van der Waals surface area contributed by atoms with Gasteiger partial charge in [0.25, 0.3) is 0 Å². The van der Waals surface area contributed by atoms with Crippen LogP contribution in [0.1, 0.15) is 81.7 Å². The minimum atomic E-state index is -1.01. The lowest BCUT2D eigenvalue weighted by Gasteiger charge is -2.47. The van der Waals surface area contributed by atoms with Crippen molar-refractivity contribution in [2.45, 2.75) is 88.5 Å². The van der Waals surface area contributed by atoms with Gasteiger partial charge in [0.1, 0.15) is 11.9 Å². The zero-order chi connectivity index (χ0) is 28.8. The first-order chi connectivity index (χ1) is 19.6. The number of nitrogens with zero attached hydrogens (tertiary/aromatic N) is 2. The van der Waals surface area contributed by atoms with Crippen LogP contribution >= 0.6 is 11.6 Å². The highest BCUT2D eigenvalue weighted by Crippen LogP contribution is 2.56. The van der Waals surface area contributed by atoms with Crippen LogP contribution < -0.4 is 10.1 Å². The second-order valence-corrected chi connectivity index (χ2v) is 13.7. The number of ether oxygens (including phenoxy) is 1. The molecular formula is C34H40ClN3O3. The molecule has 2 N–H and O–H groups in total. The predicted molar refractivity (Wildman–Crippen MR) is 162 cm³/mol. The summed E-state index contributed by atoms with van der Waals surface area (Å²) in [7, 11) is 0. The van der Waals surface area contributed by atoms with E-state index in [-0.39, 0.29) is 10.8 Å². The van der Waals surface area contributed by atoms with Gasteiger partial charge in [0, 0.05) is 16.3 Å². The van der Waals surface area contributed by atoms with E-state index in [1.165, 1.54) is 16.7 Å². The Morgan fingerprint density at radius 2 is 1.88 bits per heavy atom. The molecule has 1 unspecified atom stereocenters. The lowest BCUT2D eigenvalue weighted by molar-refractivity contribution is -0.144. The van der Waals surface area contributed by atoms with Crippen LogP contribution in [0.3, 0.4) is 0 Å². The molecule has 2 aromatic carbocycles. The average Bonchev–Trinajstić information content (AvgIpc) is 3.42. The van der Waals surface area contributed by atoms with Crippen molar-refractivity contribution in [2.24, 2.45) is 11.8 Å². The topological polar surface area (TPSA) is 84.3 Å². The number of anilines is 1. The van der Waals surface area contributed by atoms with Gasteiger partial charge in [0.15, 0.2) is 0 Å². The highest BCUT2D eigenvalue weighted by molar-refractivity contribution is 6.30. The third-order valence-corrected chi connectivity index (χ3v) is 10.4. The summed E-state index contributed by atoms with van der Waals surface area (Å²) in [6.07, 6.45) is 8.51. The molecule has 3 aromatic rings. The Hall–Kier alpha value is -3.12. The average molecular weight is 574 g/mol. The van der Waals surface area contributed by atoms with E-state index in [0.29, 0.717) is 36.3 Å². The van der Waals surface area contributed by atoms with Crippen molar-refractivity contribution in [3.8, 4) is 5.88 Å². The van der Waals surface area contributed by atoms with E-state index < -0.39 is 11.5 Å². The molecule has 0 amide bonds. The zero-order valence-electron chi connectivity index (χ0n) is 24.3. The monoisotopic (exact) mass is 573 g/mol. The normalized spacial score (nSPS) is 26.8. The van der Waals surface area contributed by atoms with Gasteiger partial charge in [0.2, 0.25) is 5.88 Å². The van der Waals surface area contributed by atoms with Crippen LogP contribution in [-0.2, 0) is 28.5 Å². The van der Waals surface area contributed by atoms with Crippen LogP contribution in [0.2, 0.25) is 5.02 Å². The van der Waals surface area contributed by atoms with E-state index in [1.807, 2.05) is 12.1 Å². The van der Waals surface area contributed by atoms with E-state index in [4.69, 9.17) is 16.3 Å². The lowest BCUT2D eigenvalue weighted by atomic mass is 9.59. The van der Waals surface area contributed by atoms with Gasteiger partial charge >= 0.3 is 5.97 Å². The van der Waals surface area contributed by atoms with Gasteiger partial charge in [-0.1, -0.05) is 62.7 Å². The molecule has 1 aromatic heterocycles. The van der Waals surface area contributed by atoms with Crippen LogP contribution in [0.15, 0.2) is 54.9 Å². The number of nitrogens with one attached hydrogen (secondary N) is 1. The molecule has 216 valence electrons. The molecule has 3 aliphatic carbocycles. The Kier molecular flexibility index (Phi) is 7.25. The molecule has 0 radical (unpaired) electrons. The van der Waals surface area contributed by atoms with Gasteiger partial charge in [-0.3, -0.25) is 0 Å². The summed E-state index contributed by atoms with van der Waals surface area (Å²) in [4.78, 5) is 21.7. The summed E-state index contributed by atoms with van der Waals surface area (Å²) < 4.78 is 6.40. The minimum Gasteiger partial charge on any atom is -0.480 e. The fourth-order valence-corrected chi connectivity index (χ4v) is 8.11. The van der Waals surface area contributed by atoms with Gasteiger partial charge < -0.3 is 15.2 Å². The third kappa shape index (κ3) is 5.09. The SMILES string of the molecule is C[C@@H](COc1ncnc2c1C(C)(C)CC2)CC1Cc2ccccc2C12CCC(Nc1cccc(Cl)c1)(C(=O)O)CC2. The number of hydrogen-bond donors (Lipinski definition) is 2. The summed E-state index contributed by atoms with van der Waals surface area (Å²) in [5.41, 5.74) is 4.86. The van der Waals surface area contributed by atoms with Gasteiger partial charge in [-0.25, -0.2) is 14.8 Å². The molecule has 1 heterocycles. The molecule has 7 heteroatoms. The number of halogens is 1. The molecule has 1 fully saturated rings. The highest BCUT2D eigenvalue weighted by Gasteiger charge is 2.54. The second kappa shape index (κ2) is 10.6. The van der Waals surface area contributed by atoms with E-state index in [1.54, 1.807) is 18.5 Å². The number of aryl methyl sites for hydroxylation is 1. The Balaban J connectivity index is 1.20. The van der Waals surface area contributed by atoms with Crippen molar-refractivity contribution in [1.29, 1.82) is 0 Å². The maximum absolute atomic E-state index is 12.7. The van der Waals surface area contributed by atoms with Crippen molar-refractivity contribution < 1.29 is 14.6 Å². The Morgan fingerprint density at radius 3 is 2.63 bits per heavy atom. The number of rotatable bonds is 8. The lowest BCUT2D eigenvalue weighted by Crippen LogP contribution is -2.53. The van der Waals surface area contributed by atoms with Gasteiger partial charge in [-0.15, -0.1) is 0 Å².